The van der Waals surface area contributed by atoms with E-state index in [-0.39, 0.29) is 26.9 Å². The lowest BCUT2D eigenvalue weighted by molar-refractivity contribution is 0.103. The van der Waals surface area contributed by atoms with Crippen LogP contribution >= 0.6 is 23.2 Å². The molecule has 0 aliphatic carbocycles. The highest BCUT2D eigenvalue weighted by molar-refractivity contribution is 7.92. The molecule has 27 heavy (non-hydrogen) atoms. The van der Waals surface area contributed by atoms with Gasteiger partial charge in [-0.1, -0.05) is 40.9 Å². The standard InChI is InChI=1S/C19H14Cl2N2O3S/c1-12-2-6-15(7-3-12)27(25,26)23-17-8-5-14(20)10-16(17)19(24)13-4-9-18(21)22-11-13/h2-11,23H,1H3. The maximum atomic E-state index is 12.8. The molecule has 0 aliphatic heterocycles. The molecule has 0 aliphatic rings. The van der Waals surface area contributed by atoms with Gasteiger partial charge in [0.2, 0.25) is 0 Å². The molecule has 0 radical (unpaired) electrons. The average Bonchev–Trinajstić information content (AvgIpc) is 2.63. The third kappa shape index (κ3) is 4.47. The van der Waals surface area contributed by atoms with Crippen molar-refractivity contribution in [2.75, 3.05) is 4.72 Å². The van der Waals surface area contributed by atoms with Gasteiger partial charge in [-0.3, -0.25) is 9.52 Å². The van der Waals surface area contributed by atoms with Crippen LogP contribution < -0.4 is 4.72 Å². The molecule has 3 rings (SSSR count). The number of carbonyl (C=O) groups is 1. The summed E-state index contributed by atoms with van der Waals surface area (Å²) < 4.78 is 27.8. The molecule has 0 fully saturated rings. The Morgan fingerprint density at radius 2 is 1.70 bits per heavy atom. The Hall–Kier alpha value is -2.41. The van der Waals surface area contributed by atoms with Crippen molar-refractivity contribution >= 4 is 44.7 Å². The fraction of sp³-hybridized carbons (Fsp3) is 0.0526. The molecule has 3 aromatic rings. The zero-order chi connectivity index (χ0) is 19.6. The van der Waals surface area contributed by atoms with E-state index in [0.717, 1.165) is 5.56 Å². The molecule has 0 amide bonds. The van der Waals surface area contributed by atoms with E-state index in [1.165, 1.54) is 48.7 Å². The maximum Gasteiger partial charge on any atom is 0.261 e. The second kappa shape index (κ2) is 7.68. The number of pyridine rings is 1. The molecule has 0 saturated heterocycles. The predicted octanol–water partition coefficient (Wildman–Crippen LogP) is 4.73. The van der Waals surface area contributed by atoms with Crippen molar-refractivity contribution in [3.8, 4) is 0 Å². The van der Waals surface area contributed by atoms with E-state index in [4.69, 9.17) is 23.2 Å². The molecule has 138 valence electrons. The number of nitrogens with one attached hydrogen (secondary N) is 1. The van der Waals surface area contributed by atoms with Crippen LogP contribution in [0.4, 0.5) is 5.69 Å². The summed E-state index contributed by atoms with van der Waals surface area (Å²) in [6, 6.07) is 13.7. The quantitative estimate of drug-likeness (QED) is 0.478. The first kappa shape index (κ1) is 19.4. The third-order valence-corrected chi connectivity index (χ3v) is 5.63. The van der Waals surface area contributed by atoms with E-state index in [9.17, 15) is 13.2 Å². The van der Waals surface area contributed by atoms with E-state index >= 15 is 0 Å². The predicted molar refractivity (Wildman–Crippen MR) is 106 cm³/mol. The Kier molecular flexibility index (Phi) is 5.51. The Bertz CT molecular complexity index is 1100. The number of halogens is 2. The first-order chi connectivity index (χ1) is 12.8. The highest BCUT2D eigenvalue weighted by Gasteiger charge is 2.20. The Labute approximate surface area is 167 Å². The van der Waals surface area contributed by atoms with Crippen LogP contribution in [-0.4, -0.2) is 19.2 Å². The minimum atomic E-state index is -3.87. The van der Waals surface area contributed by atoms with Gasteiger partial charge in [-0.2, -0.15) is 0 Å². The van der Waals surface area contributed by atoms with Crippen LogP contribution in [0.2, 0.25) is 10.2 Å². The summed E-state index contributed by atoms with van der Waals surface area (Å²) in [5.41, 5.74) is 1.44. The summed E-state index contributed by atoms with van der Waals surface area (Å²) in [5, 5.41) is 0.552. The maximum absolute atomic E-state index is 12.8. The Balaban J connectivity index is 2.00. The number of aryl methyl sites for hydroxylation is 1. The van der Waals surface area contributed by atoms with Crippen LogP contribution in [0.1, 0.15) is 21.5 Å². The first-order valence-corrected chi connectivity index (χ1v) is 10.1. The molecule has 8 heteroatoms. The second-order valence-corrected chi connectivity index (χ2v) is 8.31. The molecule has 0 saturated carbocycles. The minimum Gasteiger partial charge on any atom is -0.288 e. The molecule has 1 N–H and O–H groups in total. The number of hydrogen-bond donors (Lipinski definition) is 1. The molecule has 0 bridgehead atoms. The normalized spacial score (nSPS) is 11.2. The highest BCUT2D eigenvalue weighted by Crippen LogP contribution is 2.26. The van der Waals surface area contributed by atoms with Gasteiger partial charge in [-0.25, -0.2) is 13.4 Å². The van der Waals surface area contributed by atoms with E-state index in [2.05, 4.69) is 9.71 Å². The number of ketones is 1. The molecule has 0 spiro atoms. The third-order valence-electron chi connectivity index (χ3n) is 3.79. The zero-order valence-corrected chi connectivity index (χ0v) is 16.4. The lowest BCUT2D eigenvalue weighted by Crippen LogP contribution is -2.16. The van der Waals surface area contributed by atoms with E-state index in [1.807, 2.05) is 6.92 Å². The van der Waals surface area contributed by atoms with E-state index in [1.54, 1.807) is 12.1 Å². The number of rotatable bonds is 5. The number of sulfonamides is 1. The van der Waals surface area contributed by atoms with Crippen molar-refractivity contribution in [1.29, 1.82) is 0 Å². The number of benzene rings is 2. The molecule has 1 aromatic heterocycles. The molecule has 0 unspecified atom stereocenters. The van der Waals surface area contributed by atoms with Crippen molar-refractivity contribution in [2.45, 2.75) is 11.8 Å². The zero-order valence-electron chi connectivity index (χ0n) is 14.1. The fourth-order valence-corrected chi connectivity index (χ4v) is 3.74. The van der Waals surface area contributed by atoms with Crippen molar-refractivity contribution in [3.05, 3.63) is 87.7 Å². The van der Waals surface area contributed by atoms with Crippen LogP contribution in [0.3, 0.4) is 0 Å². The van der Waals surface area contributed by atoms with Gasteiger partial charge in [-0.05, 0) is 49.4 Å². The molecular formula is C19H14Cl2N2O3S. The van der Waals surface area contributed by atoms with Crippen molar-refractivity contribution in [3.63, 3.8) is 0 Å². The SMILES string of the molecule is Cc1ccc(S(=O)(=O)Nc2ccc(Cl)cc2C(=O)c2ccc(Cl)nc2)cc1. The van der Waals surface area contributed by atoms with Crippen molar-refractivity contribution in [1.82, 2.24) is 4.98 Å². The highest BCUT2D eigenvalue weighted by atomic mass is 35.5. The van der Waals surface area contributed by atoms with Crippen LogP contribution in [-0.2, 0) is 10.0 Å². The number of nitrogens with zero attached hydrogens (tertiary/aromatic N) is 1. The number of anilines is 1. The lowest BCUT2D eigenvalue weighted by atomic mass is 10.0. The summed E-state index contributed by atoms with van der Waals surface area (Å²) >= 11 is 11.8. The van der Waals surface area contributed by atoms with Crippen molar-refractivity contribution in [2.24, 2.45) is 0 Å². The minimum absolute atomic E-state index is 0.0922. The lowest BCUT2D eigenvalue weighted by Gasteiger charge is -2.13. The summed E-state index contributed by atoms with van der Waals surface area (Å²) in [7, 11) is -3.87. The van der Waals surface area contributed by atoms with Gasteiger partial charge in [0.15, 0.2) is 5.78 Å². The molecule has 2 aromatic carbocycles. The van der Waals surface area contributed by atoms with Gasteiger partial charge < -0.3 is 0 Å². The number of carbonyl (C=O) groups excluding carboxylic acids is 1. The van der Waals surface area contributed by atoms with Gasteiger partial charge in [0.25, 0.3) is 10.0 Å². The van der Waals surface area contributed by atoms with Gasteiger partial charge in [-0.15, -0.1) is 0 Å². The van der Waals surface area contributed by atoms with Gasteiger partial charge in [0.1, 0.15) is 5.15 Å². The topological polar surface area (TPSA) is 76.1 Å². The molecule has 1 heterocycles. The first-order valence-electron chi connectivity index (χ1n) is 7.81. The monoisotopic (exact) mass is 420 g/mol. The van der Waals surface area contributed by atoms with Crippen LogP contribution in [0.5, 0.6) is 0 Å². The van der Waals surface area contributed by atoms with Gasteiger partial charge in [0.05, 0.1) is 10.6 Å². The summed E-state index contributed by atoms with van der Waals surface area (Å²) in [6.45, 7) is 1.86. The number of aromatic nitrogens is 1. The number of hydrogen-bond acceptors (Lipinski definition) is 4. The summed E-state index contributed by atoms with van der Waals surface area (Å²) in [6.07, 6.45) is 1.32. The van der Waals surface area contributed by atoms with Crippen LogP contribution in [0, 0.1) is 6.92 Å². The van der Waals surface area contributed by atoms with Crippen LogP contribution in [0.15, 0.2) is 65.7 Å². The molecular weight excluding hydrogens is 407 g/mol. The second-order valence-electron chi connectivity index (χ2n) is 5.81. The molecule has 5 nitrogen and oxygen atoms in total. The largest absolute Gasteiger partial charge is 0.288 e. The summed E-state index contributed by atoms with van der Waals surface area (Å²) in [4.78, 5) is 16.8. The summed E-state index contributed by atoms with van der Waals surface area (Å²) in [5.74, 6) is -0.428. The van der Waals surface area contributed by atoms with Crippen molar-refractivity contribution < 1.29 is 13.2 Å². The smallest absolute Gasteiger partial charge is 0.261 e. The van der Waals surface area contributed by atoms with E-state index < -0.39 is 15.8 Å². The fourth-order valence-electron chi connectivity index (χ4n) is 2.38. The van der Waals surface area contributed by atoms with Crippen LogP contribution in [0.25, 0.3) is 0 Å². The van der Waals surface area contributed by atoms with Gasteiger partial charge in [0, 0.05) is 22.3 Å². The Morgan fingerprint density at radius 3 is 2.33 bits per heavy atom. The van der Waals surface area contributed by atoms with E-state index in [0.29, 0.717) is 5.02 Å². The Morgan fingerprint density at radius 1 is 1.00 bits per heavy atom. The molecule has 0 atom stereocenters. The van der Waals surface area contributed by atoms with Gasteiger partial charge >= 0.3 is 0 Å². The average molecular weight is 421 g/mol.